The number of nitrogen functional groups attached to an aromatic ring is 1. The molecule has 3 rings (SSSR count). The van der Waals surface area contributed by atoms with Gasteiger partial charge in [-0.1, -0.05) is 41.6 Å². The molecule has 0 aliphatic carbocycles. The van der Waals surface area contributed by atoms with E-state index in [1.165, 1.54) is 42.5 Å². The van der Waals surface area contributed by atoms with Gasteiger partial charge in [0.05, 0.1) is 15.4 Å². The number of hydrogen-bond acceptors (Lipinski definition) is 6. The van der Waals surface area contributed by atoms with Crippen LogP contribution in [0, 0.1) is 10.1 Å². The van der Waals surface area contributed by atoms with Crippen LogP contribution in [0.2, 0.25) is 5.02 Å². The first-order chi connectivity index (χ1) is 13.8. The van der Waals surface area contributed by atoms with Crippen molar-refractivity contribution in [2.24, 2.45) is 0 Å². The topological polar surface area (TPSA) is 124 Å². The number of carboxylic acids is 1. The molecule has 0 bridgehead atoms. The van der Waals surface area contributed by atoms with Gasteiger partial charge in [-0.2, -0.15) is 0 Å². The maximum atomic E-state index is 12.8. The number of aromatic carboxylic acids is 1. The van der Waals surface area contributed by atoms with E-state index in [0.29, 0.717) is 15.6 Å². The predicted octanol–water partition coefficient (Wildman–Crippen LogP) is 4.91. The number of benzene rings is 3. The fourth-order valence-electron chi connectivity index (χ4n) is 2.64. The molecule has 3 N–H and O–H groups in total. The number of anilines is 1. The first-order valence-corrected chi connectivity index (χ1v) is 9.35. The highest BCUT2D eigenvalue weighted by molar-refractivity contribution is 7.99. The minimum Gasteiger partial charge on any atom is -0.478 e. The molecule has 0 radical (unpaired) electrons. The Balaban J connectivity index is 2.01. The van der Waals surface area contributed by atoms with Crippen LogP contribution in [0.1, 0.15) is 26.3 Å². The van der Waals surface area contributed by atoms with E-state index in [4.69, 9.17) is 17.3 Å². The number of hydrogen-bond donors (Lipinski definition) is 2. The Morgan fingerprint density at radius 2 is 1.66 bits per heavy atom. The summed E-state index contributed by atoms with van der Waals surface area (Å²) in [6.45, 7) is 0. The number of carbonyl (C=O) groups is 2. The predicted molar refractivity (Wildman–Crippen MR) is 110 cm³/mol. The second-order valence-corrected chi connectivity index (χ2v) is 7.42. The smallest absolute Gasteiger partial charge is 0.336 e. The third-order valence-electron chi connectivity index (χ3n) is 4.01. The number of nitro benzene ring substituents is 1. The molecule has 0 fully saturated rings. The van der Waals surface area contributed by atoms with E-state index >= 15 is 0 Å². The Labute approximate surface area is 174 Å². The van der Waals surface area contributed by atoms with Gasteiger partial charge in [-0.3, -0.25) is 14.9 Å². The van der Waals surface area contributed by atoms with Gasteiger partial charge in [0, 0.05) is 32.8 Å². The number of halogens is 1. The summed E-state index contributed by atoms with van der Waals surface area (Å²) in [6, 6.07) is 14.5. The van der Waals surface area contributed by atoms with Crippen molar-refractivity contribution in [3.05, 3.63) is 92.5 Å². The van der Waals surface area contributed by atoms with Crippen LogP contribution in [0.3, 0.4) is 0 Å². The number of carboxylic acid groups (broad SMARTS) is 1. The maximum Gasteiger partial charge on any atom is 0.336 e. The highest BCUT2D eigenvalue weighted by atomic mass is 35.5. The molecule has 7 nitrogen and oxygen atoms in total. The summed E-state index contributed by atoms with van der Waals surface area (Å²) in [4.78, 5) is 36.0. The van der Waals surface area contributed by atoms with Crippen molar-refractivity contribution in [3.63, 3.8) is 0 Å². The third-order valence-corrected chi connectivity index (χ3v) is 5.40. The molecule has 0 saturated carbocycles. The van der Waals surface area contributed by atoms with Gasteiger partial charge in [0.15, 0.2) is 5.78 Å². The van der Waals surface area contributed by atoms with Crippen LogP contribution in [-0.2, 0) is 0 Å². The zero-order valence-electron chi connectivity index (χ0n) is 14.7. The fourth-order valence-corrected chi connectivity index (χ4v) is 3.75. The first kappa shape index (κ1) is 20.4. The van der Waals surface area contributed by atoms with Crippen LogP contribution >= 0.6 is 23.4 Å². The van der Waals surface area contributed by atoms with Crippen molar-refractivity contribution in [1.82, 2.24) is 0 Å². The normalized spacial score (nSPS) is 10.5. The van der Waals surface area contributed by atoms with Crippen molar-refractivity contribution < 1.29 is 19.6 Å². The Hall–Kier alpha value is -3.36. The number of carbonyl (C=O) groups excluding carboxylic acids is 1. The summed E-state index contributed by atoms with van der Waals surface area (Å²) < 4.78 is 0. The van der Waals surface area contributed by atoms with Crippen molar-refractivity contribution in [2.45, 2.75) is 9.79 Å². The second kappa shape index (κ2) is 8.34. The minimum atomic E-state index is -1.26. The van der Waals surface area contributed by atoms with Crippen molar-refractivity contribution >= 4 is 46.5 Å². The number of nitrogens with zero attached hydrogens (tertiary/aromatic N) is 1. The number of ketones is 1. The monoisotopic (exact) mass is 428 g/mol. The van der Waals surface area contributed by atoms with Gasteiger partial charge in [0.25, 0.3) is 5.69 Å². The van der Waals surface area contributed by atoms with Gasteiger partial charge in [0.1, 0.15) is 0 Å². The molecule has 0 spiro atoms. The SMILES string of the molecule is Nc1cc(Cl)ccc1Sc1ccc(C(=O)c2ccccc2C(=O)O)cc1[N+](=O)[O-]. The third kappa shape index (κ3) is 4.39. The van der Waals surface area contributed by atoms with Crippen molar-refractivity contribution in [2.75, 3.05) is 5.73 Å². The largest absolute Gasteiger partial charge is 0.478 e. The van der Waals surface area contributed by atoms with Gasteiger partial charge < -0.3 is 10.8 Å². The molecule has 29 heavy (non-hydrogen) atoms. The molecule has 0 aromatic heterocycles. The highest BCUT2D eigenvalue weighted by Crippen LogP contribution is 2.39. The molecule has 0 unspecified atom stereocenters. The van der Waals surface area contributed by atoms with Gasteiger partial charge in [-0.25, -0.2) is 4.79 Å². The Kier molecular flexibility index (Phi) is 5.86. The fraction of sp³-hybridized carbons (Fsp3) is 0. The lowest BCUT2D eigenvalue weighted by Crippen LogP contribution is -2.10. The minimum absolute atomic E-state index is 0.0128. The molecule has 0 heterocycles. The first-order valence-electron chi connectivity index (χ1n) is 8.16. The van der Waals surface area contributed by atoms with Crippen LogP contribution in [-0.4, -0.2) is 21.8 Å². The van der Waals surface area contributed by atoms with Crippen molar-refractivity contribution in [1.29, 1.82) is 0 Å². The molecular weight excluding hydrogens is 416 g/mol. The average Bonchev–Trinajstić information content (AvgIpc) is 2.69. The van der Waals surface area contributed by atoms with E-state index in [0.717, 1.165) is 17.8 Å². The summed E-state index contributed by atoms with van der Waals surface area (Å²) in [7, 11) is 0. The van der Waals surface area contributed by atoms with Crippen LogP contribution < -0.4 is 5.73 Å². The number of rotatable bonds is 6. The molecule has 0 aliphatic rings. The Bertz CT molecular complexity index is 1150. The maximum absolute atomic E-state index is 12.8. The lowest BCUT2D eigenvalue weighted by Gasteiger charge is -2.09. The van der Waals surface area contributed by atoms with Gasteiger partial charge in [-0.05, 0) is 36.4 Å². The summed E-state index contributed by atoms with van der Waals surface area (Å²) in [5, 5.41) is 21.3. The molecule has 0 atom stereocenters. The van der Waals surface area contributed by atoms with Crippen LogP contribution in [0.4, 0.5) is 11.4 Å². The summed E-state index contributed by atoms with van der Waals surface area (Å²) >= 11 is 6.95. The second-order valence-electron chi connectivity index (χ2n) is 5.90. The van der Waals surface area contributed by atoms with Crippen LogP contribution in [0.25, 0.3) is 0 Å². The standard InChI is InChI=1S/C20H13ClN2O5S/c21-12-6-8-17(15(22)10-12)29-18-7-5-11(9-16(18)23(27)28)19(24)13-3-1-2-4-14(13)20(25)26/h1-10H,22H2,(H,25,26). The zero-order valence-corrected chi connectivity index (χ0v) is 16.2. The molecular formula is C20H13ClN2O5S. The van der Waals surface area contributed by atoms with Crippen LogP contribution in [0.15, 0.2) is 70.5 Å². The molecule has 3 aromatic carbocycles. The van der Waals surface area contributed by atoms with E-state index in [2.05, 4.69) is 0 Å². The number of nitro groups is 1. The lowest BCUT2D eigenvalue weighted by molar-refractivity contribution is -0.387. The lowest BCUT2D eigenvalue weighted by atomic mass is 9.98. The summed E-state index contributed by atoms with van der Waals surface area (Å²) in [6.07, 6.45) is 0. The Morgan fingerprint density at radius 1 is 1.00 bits per heavy atom. The van der Waals surface area contributed by atoms with Gasteiger partial charge in [-0.15, -0.1) is 0 Å². The molecule has 0 saturated heterocycles. The quantitative estimate of drug-likeness (QED) is 0.247. The molecule has 0 amide bonds. The number of nitrogens with two attached hydrogens (primary N) is 1. The summed E-state index contributed by atoms with van der Waals surface area (Å²) in [5.41, 5.74) is 5.78. The Morgan fingerprint density at radius 3 is 2.28 bits per heavy atom. The van der Waals surface area contributed by atoms with Crippen molar-refractivity contribution in [3.8, 4) is 0 Å². The van der Waals surface area contributed by atoms with Gasteiger partial charge in [0.2, 0.25) is 0 Å². The van der Waals surface area contributed by atoms with E-state index in [1.807, 2.05) is 0 Å². The molecule has 9 heteroatoms. The van der Waals surface area contributed by atoms with E-state index in [-0.39, 0.29) is 27.3 Å². The van der Waals surface area contributed by atoms with Crippen LogP contribution in [0.5, 0.6) is 0 Å². The molecule has 0 aliphatic heterocycles. The molecule has 146 valence electrons. The average molecular weight is 429 g/mol. The highest BCUT2D eigenvalue weighted by Gasteiger charge is 2.22. The van der Waals surface area contributed by atoms with Gasteiger partial charge >= 0.3 is 5.97 Å². The van der Waals surface area contributed by atoms with E-state index in [9.17, 15) is 24.8 Å². The van der Waals surface area contributed by atoms with E-state index in [1.54, 1.807) is 12.1 Å². The van der Waals surface area contributed by atoms with E-state index < -0.39 is 16.7 Å². The zero-order chi connectivity index (χ0) is 21.1. The molecule has 3 aromatic rings. The summed E-state index contributed by atoms with van der Waals surface area (Å²) in [5.74, 6) is -1.87.